The molecule has 1 aromatic carbocycles. The van der Waals surface area contributed by atoms with Crippen LogP contribution in [0.3, 0.4) is 0 Å². The summed E-state index contributed by atoms with van der Waals surface area (Å²) in [7, 11) is 4.26. The van der Waals surface area contributed by atoms with Crippen LogP contribution in [0.2, 0.25) is 0 Å². The van der Waals surface area contributed by atoms with Crippen LogP contribution in [0.1, 0.15) is 31.2 Å². The van der Waals surface area contributed by atoms with E-state index in [1.165, 1.54) is 22.9 Å². The first-order valence-electron chi connectivity index (χ1n) is 6.71. The summed E-state index contributed by atoms with van der Waals surface area (Å²) in [6.45, 7) is 3.38. The zero-order chi connectivity index (χ0) is 13.1. The van der Waals surface area contributed by atoms with Gasteiger partial charge in [0.25, 0.3) is 0 Å². The summed E-state index contributed by atoms with van der Waals surface area (Å²) in [6, 6.07) is 9.87. The van der Waals surface area contributed by atoms with Gasteiger partial charge in [0.15, 0.2) is 0 Å². The van der Waals surface area contributed by atoms with Crippen molar-refractivity contribution >= 4 is 15.9 Å². The summed E-state index contributed by atoms with van der Waals surface area (Å²) >= 11 is 3.65. The highest BCUT2D eigenvalue weighted by molar-refractivity contribution is 9.10. The minimum Gasteiger partial charge on any atom is -0.310 e. The molecule has 1 atom stereocenters. The number of nitrogens with zero attached hydrogens (tertiary/aromatic N) is 1. The smallest absolute Gasteiger partial charge is 0.0210 e. The fourth-order valence-electron chi connectivity index (χ4n) is 2.82. The quantitative estimate of drug-likeness (QED) is 0.898. The molecule has 0 aliphatic heterocycles. The monoisotopic (exact) mass is 310 g/mol. The Morgan fingerprint density at radius 1 is 1.33 bits per heavy atom. The molecule has 1 N–H and O–H groups in total. The maximum absolute atomic E-state index is 3.71. The molecule has 0 amide bonds. The summed E-state index contributed by atoms with van der Waals surface area (Å²) in [4.78, 5) is 2.24. The van der Waals surface area contributed by atoms with Gasteiger partial charge in [0.05, 0.1) is 0 Å². The van der Waals surface area contributed by atoms with Gasteiger partial charge in [-0.15, -0.1) is 0 Å². The number of benzene rings is 1. The highest BCUT2D eigenvalue weighted by Gasteiger charge is 2.31. The molecule has 0 spiro atoms. The van der Waals surface area contributed by atoms with Crippen LogP contribution in [0, 0.1) is 0 Å². The maximum atomic E-state index is 3.71. The van der Waals surface area contributed by atoms with Gasteiger partial charge >= 0.3 is 0 Å². The number of nitrogens with one attached hydrogen (secondary N) is 1. The van der Waals surface area contributed by atoms with E-state index in [4.69, 9.17) is 0 Å². The maximum Gasteiger partial charge on any atom is 0.0210 e. The summed E-state index contributed by atoms with van der Waals surface area (Å²) in [5, 5.41) is 3.71. The molecule has 0 radical (unpaired) electrons. The molecule has 1 unspecified atom stereocenters. The lowest BCUT2D eigenvalue weighted by Gasteiger charge is -2.39. The molecule has 0 saturated heterocycles. The van der Waals surface area contributed by atoms with Gasteiger partial charge in [-0.1, -0.05) is 34.1 Å². The van der Waals surface area contributed by atoms with Crippen LogP contribution in [-0.2, 0) is 0 Å². The summed E-state index contributed by atoms with van der Waals surface area (Å²) in [6.07, 6.45) is 2.53. The SMILES string of the molecule is CC(CN(C)C)NC1CC(c2ccccc2Br)C1. The molecule has 1 aromatic rings. The van der Waals surface area contributed by atoms with E-state index in [0.29, 0.717) is 12.1 Å². The fraction of sp³-hybridized carbons (Fsp3) is 0.600. The molecule has 1 aliphatic carbocycles. The molecule has 18 heavy (non-hydrogen) atoms. The Balaban J connectivity index is 1.79. The third-order valence-electron chi connectivity index (χ3n) is 3.64. The van der Waals surface area contributed by atoms with Crippen molar-refractivity contribution in [3.05, 3.63) is 34.3 Å². The molecule has 2 nitrogen and oxygen atoms in total. The van der Waals surface area contributed by atoms with Gasteiger partial charge in [-0.3, -0.25) is 0 Å². The van der Waals surface area contributed by atoms with Crippen LogP contribution < -0.4 is 5.32 Å². The van der Waals surface area contributed by atoms with Crippen LogP contribution >= 0.6 is 15.9 Å². The summed E-state index contributed by atoms with van der Waals surface area (Å²) in [5.74, 6) is 0.727. The molecule has 2 rings (SSSR count). The van der Waals surface area contributed by atoms with Crippen LogP contribution in [-0.4, -0.2) is 37.6 Å². The molecule has 1 fully saturated rings. The molecule has 1 saturated carbocycles. The minimum atomic E-state index is 0.574. The van der Waals surface area contributed by atoms with Crippen molar-refractivity contribution < 1.29 is 0 Å². The molecule has 1 aliphatic rings. The van der Waals surface area contributed by atoms with Crippen molar-refractivity contribution in [2.24, 2.45) is 0 Å². The first-order valence-corrected chi connectivity index (χ1v) is 7.50. The number of rotatable bonds is 5. The Morgan fingerprint density at radius 2 is 2.00 bits per heavy atom. The fourth-order valence-corrected chi connectivity index (χ4v) is 3.43. The average molecular weight is 311 g/mol. The van der Waals surface area contributed by atoms with Crippen LogP contribution in [0.5, 0.6) is 0 Å². The van der Waals surface area contributed by atoms with E-state index < -0.39 is 0 Å². The zero-order valence-corrected chi connectivity index (χ0v) is 13.1. The topological polar surface area (TPSA) is 15.3 Å². The molecule has 0 heterocycles. The number of halogens is 1. The normalized spacial score (nSPS) is 24.9. The Hall–Kier alpha value is -0.380. The van der Waals surface area contributed by atoms with Crippen LogP contribution in [0.15, 0.2) is 28.7 Å². The van der Waals surface area contributed by atoms with Gasteiger partial charge in [-0.05, 0) is 51.4 Å². The second-order valence-electron chi connectivity index (χ2n) is 5.72. The molecular formula is C15H23BrN2. The van der Waals surface area contributed by atoms with E-state index in [1.807, 2.05) is 0 Å². The van der Waals surface area contributed by atoms with E-state index >= 15 is 0 Å². The number of hydrogen-bond donors (Lipinski definition) is 1. The van der Waals surface area contributed by atoms with Crippen molar-refractivity contribution in [2.75, 3.05) is 20.6 Å². The van der Waals surface area contributed by atoms with Crippen molar-refractivity contribution in [3.63, 3.8) is 0 Å². The van der Waals surface area contributed by atoms with Gasteiger partial charge in [0.2, 0.25) is 0 Å². The van der Waals surface area contributed by atoms with Crippen LogP contribution in [0.4, 0.5) is 0 Å². The molecule has 3 heteroatoms. The largest absolute Gasteiger partial charge is 0.310 e. The highest BCUT2D eigenvalue weighted by Crippen LogP contribution is 2.40. The summed E-state index contributed by atoms with van der Waals surface area (Å²) in [5.41, 5.74) is 1.47. The van der Waals surface area contributed by atoms with Gasteiger partial charge < -0.3 is 10.2 Å². The lowest BCUT2D eigenvalue weighted by Crippen LogP contribution is -2.47. The summed E-state index contributed by atoms with van der Waals surface area (Å²) < 4.78 is 1.26. The second kappa shape index (κ2) is 6.18. The van der Waals surface area contributed by atoms with E-state index in [9.17, 15) is 0 Å². The number of likely N-dealkylation sites (N-methyl/N-ethyl adjacent to an activating group) is 1. The lowest BCUT2D eigenvalue weighted by atomic mass is 9.75. The van der Waals surface area contributed by atoms with E-state index in [-0.39, 0.29) is 0 Å². The Kier molecular flexibility index (Phi) is 4.82. The standard InChI is InChI=1S/C15H23BrN2/c1-11(10-18(2)3)17-13-8-12(9-13)14-6-4-5-7-15(14)16/h4-7,11-13,17H,8-10H2,1-3H3. The van der Waals surface area contributed by atoms with Gasteiger partial charge in [-0.25, -0.2) is 0 Å². The van der Waals surface area contributed by atoms with Crippen molar-refractivity contribution in [1.82, 2.24) is 10.2 Å². The van der Waals surface area contributed by atoms with E-state index in [0.717, 1.165) is 12.5 Å². The van der Waals surface area contributed by atoms with Crippen molar-refractivity contribution in [2.45, 2.75) is 37.8 Å². The van der Waals surface area contributed by atoms with Crippen LogP contribution in [0.25, 0.3) is 0 Å². The predicted molar refractivity (Wildman–Crippen MR) is 81.1 cm³/mol. The molecule has 100 valence electrons. The first-order chi connectivity index (χ1) is 8.56. The minimum absolute atomic E-state index is 0.574. The van der Waals surface area contributed by atoms with E-state index in [1.54, 1.807) is 0 Å². The second-order valence-corrected chi connectivity index (χ2v) is 6.57. The molecule has 0 bridgehead atoms. The Morgan fingerprint density at radius 3 is 2.61 bits per heavy atom. The first kappa shape index (κ1) is 14.0. The number of hydrogen-bond acceptors (Lipinski definition) is 2. The predicted octanol–water partition coefficient (Wildman–Crippen LogP) is 3.23. The Bertz CT molecular complexity index is 386. The molecular weight excluding hydrogens is 288 g/mol. The van der Waals surface area contributed by atoms with Gasteiger partial charge in [0.1, 0.15) is 0 Å². The Labute approximate surface area is 119 Å². The zero-order valence-electron chi connectivity index (χ0n) is 11.5. The third-order valence-corrected chi connectivity index (χ3v) is 4.36. The van der Waals surface area contributed by atoms with Gasteiger partial charge in [-0.2, -0.15) is 0 Å². The van der Waals surface area contributed by atoms with Crippen molar-refractivity contribution in [3.8, 4) is 0 Å². The van der Waals surface area contributed by atoms with Gasteiger partial charge in [0, 0.05) is 23.1 Å². The average Bonchev–Trinajstić information content (AvgIpc) is 2.23. The third kappa shape index (κ3) is 3.56. The van der Waals surface area contributed by atoms with Crippen molar-refractivity contribution in [1.29, 1.82) is 0 Å². The highest BCUT2D eigenvalue weighted by atomic mass is 79.9. The molecule has 0 aromatic heterocycles. The van der Waals surface area contributed by atoms with E-state index in [2.05, 4.69) is 71.4 Å². The lowest BCUT2D eigenvalue weighted by molar-refractivity contribution is 0.245.